The first-order valence-corrected chi connectivity index (χ1v) is 7.03. The van der Waals surface area contributed by atoms with E-state index in [-0.39, 0.29) is 12.0 Å². The largest absolute Gasteiger partial charge is 0.393 e. The number of nitrogens with one attached hydrogen (secondary N) is 1. The van der Waals surface area contributed by atoms with Gasteiger partial charge >= 0.3 is 0 Å². The van der Waals surface area contributed by atoms with Crippen LogP contribution in [0.1, 0.15) is 36.2 Å². The molecule has 1 aliphatic rings. The van der Waals surface area contributed by atoms with Crippen LogP contribution in [0.5, 0.6) is 0 Å². The number of aromatic nitrogens is 1. The van der Waals surface area contributed by atoms with Crippen molar-refractivity contribution in [3.63, 3.8) is 0 Å². The van der Waals surface area contributed by atoms with Crippen molar-refractivity contribution in [2.75, 3.05) is 6.54 Å². The Balaban J connectivity index is 1.81. The molecular weight excluding hydrogens is 296 g/mol. The van der Waals surface area contributed by atoms with E-state index in [0.717, 1.165) is 25.7 Å². The van der Waals surface area contributed by atoms with Gasteiger partial charge in [-0.05, 0) is 59.7 Å². The minimum Gasteiger partial charge on any atom is -0.393 e. The van der Waals surface area contributed by atoms with Crippen LogP contribution in [0.15, 0.2) is 22.8 Å². The Hall–Kier alpha value is -0.940. The van der Waals surface area contributed by atoms with E-state index >= 15 is 0 Å². The number of aliphatic hydroxyl groups excluding tert-OH is 1. The molecule has 4 nitrogen and oxygen atoms in total. The van der Waals surface area contributed by atoms with Crippen molar-refractivity contribution in [2.24, 2.45) is 5.92 Å². The van der Waals surface area contributed by atoms with Crippen LogP contribution in [0, 0.1) is 5.92 Å². The van der Waals surface area contributed by atoms with E-state index in [1.165, 1.54) is 0 Å². The van der Waals surface area contributed by atoms with E-state index in [0.29, 0.717) is 22.8 Å². The summed E-state index contributed by atoms with van der Waals surface area (Å²) in [5.74, 6) is 0.340. The van der Waals surface area contributed by atoms with Gasteiger partial charge in [-0.2, -0.15) is 0 Å². The quantitative estimate of drug-likeness (QED) is 0.840. The number of aliphatic hydroxyl groups is 1. The molecule has 1 heterocycles. The topological polar surface area (TPSA) is 62.2 Å². The molecule has 0 spiro atoms. The molecule has 1 aliphatic carbocycles. The average molecular weight is 313 g/mol. The second-order valence-electron chi connectivity index (χ2n) is 4.73. The van der Waals surface area contributed by atoms with Crippen LogP contribution in [-0.4, -0.2) is 28.6 Å². The van der Waals surface area contributed by atoms with Gasteiger partial charge in [0, 0.05) is 6.54 Å². The summed E-state index contributed by atoms with van der Waals surface area (Å²) >= 11 is 3.25. The van der Waals surface area contributed by atoms with Crippen LogP contribution < -0.4 is 5.32 Å². The molecule has 0 radical (unpaired) electrons. The predicted molar refractivity (Wildman–Crippen MR) is 72.2 cm³/mol. The maximum atomic E-state index is 11.9. The summed E-state index contributed by atoms with van der Waals surface area (Å²) in [6, 6.07) is 5.28. The van der Waals surface area contributed by atoms with E-state index in [9.17, 15) is 9.90 Å². The third-order valence-electron chi connectivity index (χ3n) is 3.32. The zero-order valence-corrected chi connectivity index (χ0v) is 11.7. The molecule has 0 saturated heterocycles. The Kier molecular flexibility index (Phi) is 4.72. The van der Waals surface area contributed by atoms with Gasteiger partial charge in [0.2, 0.25) is 0 Å². The molecule has 98 valence electrons. The number of halogens is 1. The molecule has 5 heteroatoms. The van der Waals surface area contributed by atoms with Gasteiger partial charge < -0.3 is 10.4 Å². The lowest BCUT2D eigenvalue weighted by Crippen LogP contribution is -2.32. The maximum absolute atomic E-state index is 11.9. The maximum Gasteiger partial charge on any atom is 0.269 e. The second kappa shape index (κ2) is 6.29. The number of hydrogen-bond acceptors (Lipinski definition) is 3. The summed E-state index contributed by atoms with van der Waals surface area (Å²) in [7, 11) is 0. The number of hydrogen-bond donors (Lipinski definition) is 2. The van der Waals surface area contributed by atoms with Gasteiger partial charge in [-0.15, -0.1) is 0 Å². The molecule has 0 bridgehead atoms. The summed E-state index contributed by atoms with van der Waals surface area (Å²) < 4.78 is 0.663. The Morgan fingerprint density at radius 1 is 1.39 bits per heavy atom. The summed E-state index contributed by atoms with van der Waals surface area (Å²) in [4.78, 5) is 16.0. The van der Waals surface area contributed by atoms with Crippen molar-refractivity contribution in [1.29, 1.82) is 0 Å². The number of amides is 1. The van der Waals surface area contributed by atoms with Gasteiger partial charge in [0.15, 0.2) is 0 Å². The first-order chi connectivity index (χ1) is 8.65. The van der Waals surface area contributed by atoms with Crippen molar-refractivity contribution in [2.45, 2.75) is 31.8 Å². The summed E-state index contributed by atoms with van der Waals surface area (Å²) in [6.07, 6.45) is 3.50. The number of pyridine rings is 1. The van der Waals surface area contributed by atoms with Crippen LogP contribution >= 0.6 is 15.9 Å². The zero-order chi connectivity index (χ0) is 13.0. The molecule has 0 unspecified atom stereocenters. The first-order valence-electron chi connectivity index (χ1n) is 6.24. The van der Waals surface area contributed by atoms with E-state index in [1.54, 1.807) is 18.2 Å². The third-order valence-corrected chi connectivity index (χ3v) is 3.76. The standard InChI is InChI=1S/C13H17BrN2O2/c14-12-3-1-2-11(16-12)13(18)15-8-9-4-6-10(17)7-5-9/h1-3,9-10,17H,4-8H2,(H,15,18). The van der Waals surface area contributed by atoms with E-state index < -0.39 is 0 Å². The molecular formula is C13H17BrN2O2. The van der Waals surface area contributed by atoms with Crippen LogP contribution in [0.25, 0.3) is 0 Å². The van der Waals surface area contributed by atoms with Crippen LogP contribution in [0.3, 0.4) is 0 Å². The Morgan fingerprint density at radius 3 is 2.78 bits per heavy atom. The first kappa shape index (κ1) is 13.5. The summed E-state index contributed by atoms with van der Waals surface area (Å²) in [5, 5.41) is 12.3. The normalized spacial score (nSPS) is 23.7. The highest BCUT2D eigenvalue weighted by Gasteiger charge is 2.20. The smallest absolute Gasteiger partial charge is 0.269 e. The lowest BCUT2D eigenvalue weighted by atomic mass is 9.87. The van der Waals surface area contributed by atoms with Gasteiger partial charge in [0.25, 0.3) is 5.91 Å². The Bertz CT molecular complexity index is 417. The SMILES string of the molecule is O=C(NCC1CCC(O)CC1)c1cccc(Br)n1. The van der Waals surface area contributed by atoms with Crippen LogP contribution in [0.4, 0.5) is 0 Å². The molecule has 1 saturated carbocycles. The van der Waals surface area contributed by atoms with E-state index in [2.05, 4.69) is 26.2 Å². The minimum atomic E-state index is -0.149. The lowest BCUT2D eigenvalue weighted by Gasteiger charge is -2.25. The van der Waals surface area contributed by atoms with Crippen molar-refractivity contribution < 1.29 is 9.90 Å². The van der Waals surface area contributed by atoms with Crippen molar-refractivity contribution >= 4 is 21.8 Å². The average Bonchev–Trinajstić information content (AvgIpc) is 2.38. The lowest BCUT2D eigenvalue weighted by molar-refractivity contribution is 0.0906. The van der Waals surface area contributed by atoms with E-state index in [1.807, 2.05) is 0 Å². The fourth-order valence-corrected chi connectivity index (χ4v) is 2.55. The fraction of sp³-hybridized carbons (Fsp3) is 0.538. The Morgan fingerprint density at radius 2 is 2.11 bits per heavy atom. The van der Waals surface area contributed by atoms with Gasteiger partial charge in [-0.3, -0.25) is 4.79 Å². The van der Waals surface area contributed by atoms with Crippen molar-refractivity contribution in [3.8, 4) is 0 Å². The molecule has 18 heavy (non-hydrogen) atoms. The predicted octanol–water partition coefficient (Wildman–Crippen LogP) is 2.12. The van der Waals surface area contributed by atoms with Crippen LogP contribution in [0.2, 0.25) is 0 Å². The zero-order valence-electron chi connectivity index (χ0n) is 10.1. The van der Waals surface area contributed by atoms with Crippen LogP contribution in [-0.2, 0) is 0 Å². The van der Waals surface area contributed by atoms with Gasteiger partial charge in [0.1, 0.15) is 10.3 Å². The Labute approximate surface area is 115 Å². The summed E-state index contributed by atoms with van der Waals surface area (Å²) in [5.41, 5.74) is 0.431. The highest BCUT2D eigenvalue weighted by atomic mass is 79.9. The number of rotatable bonds is 3. The molecule has 1 aromatic heterocycles. The molecule has 2 rings (SSSR count). The number of carbonyl (C=O) groups is 1. The molecule has 1 fully saturated rings. The second-order valence-corrected chi connectivity index (χ2v) is 5.54. The van der Waals surface area contributed by atoms with Crippen molar-refractivity contribution in [3.05, 3.63) is 28.5 Å². The third kappa shape index (κ3) is 3.78. The number of nitrogens with zero attached hydrogens (tertiary/aromatic N) is 1. The molecule has 2 N–H and O–H groups in total. The van der Waals surface area contributed by atoms with E-state index in [4.69, 9.17) is 0 Å². The van der Waals surface area contributed by atoms with Gasteiger partial charge in [-0.25, -0.2) is 4.98 Å². The van der Waals surface area contributed by atoms with Gasteiger partial charge in [-0.1, -0.05) is 6.07 Å². The molecule has 0 aliphatic heterocycles. The van der Waals surface area contributed by atoms with Gasteiger partial charge in [0.05, 0.1) is 6.10 Å². The molecule has 1 aromatic rings. The highest BCUT2D eigenvalue weighted by molar-refractivity contribution is 9.10. The monoisotopic (exact) mass is 312 g/mol. The van der Waals surface area contributed by atoms with Crippen molar-refractivity contribution in [1.82, 2.24) is 10.3 Å². The molecule has 0 atom stereocenters. The minimum absolute atomic E-state index is 0.137. The fourth-order valence-electron chi connectivity index (χ4n) is 2.21. The summed E-state index contributed by atoms with van der Waals surface area (Å²) in [6.45, 7) is 0.666. The highest BCUT2D eigenvalue weighted by Crippen LogP contribution is 2.23. The molecule has 0 aromatic carbocycles. The number of carbonyl (C=O) groups excluding carboxylic acids is 1. The molecule has 1 amide bonds.